The largest absolute Gasteiger partial charge is 0.482 e. The highest BCUT2D eigenvalue weighted by Gasteiger charge is 2.30. The molecule has 8 heteroatoms. The number of ether oxygens (including phenoxy) is 2. The van der Waals surface area contributed by atoms with Crippen molar-refractivity contribution in [3.8, 4) is 28.8 Å². The van der Waals surface area contributed by atoms with Gasteiger partial charge in [-0.3, -0.25) is 9.48 Å². The first-order chi connectivity index (χ1) is 14.8. The first-order valence-corrected chi connectivity index (χ1v) is 10.0. The molecule has 0 spiro atoms. The Balaban J connectivity index is 1.99. The van der Waals surface area contributed by atoms with Gasteiger partial charge in [0.15, 0.2) is 17.7 Å². The molecule has 0 amide bonds. The van der Waals surface area contributed by atoms with Crippen molar-refractivity contribution in [2.24, 2.45) is 7.05 Å². The number of pyridine rings is 1. The van der Waals surface area contributed by atoms with Gasteiger partial charge in [0.25, 0.3) is 0 Å². The molecule has 0 saturated carbocycles. The lowest BCUT2D eigenvalue weighted by Crippen LogP contribution is -2.29. The number of aryl methyl sites for hydroxylation is 2. The Kier molecular flexibility index (Phi) is 5.11. The summed E-state index contributed by atoms with van der Waals surface area (Å²) >= 11 is 0. The molecule has 0 aliphatic carbocycles. The number of anilines is 1. The number of ketones is 1. The van der Waals surface area contributed by atoms with Gasteiger partial charge in [-0.2, -0.15) is 5.26 Å². The Morgan fingerprint density at radius 2 is 2.06 bits per heavy atom. The number of hydrogen-bond donors (Lipinski definition) is 1. The number of fused-ring (bicyclic) bond motifs is 5. The molecule has 2 N–H and O–H groups in total. The highest BCUT2D eigenvalue weighted by atomic mass is 16.5. The molecule has 0 fully saturated rings. The molecule has 0 saturated heterocycles. The average Bonchev–Trinajstić information content (AvgIpc) is 3.07. The SMILES string of the molecule is CCC1Oc2nn(C)c(C#N)c2-c2cnc(N)c(c2)O[C@H](C)c2cc(C)ccc2C1=O. The van der Waals surface area contributed by atoms with Crippen molar-refractivity contribution in [3.05, 3.63) is 52.8 Å². The van der Waals surface area contributed by atoms with E-state index in [9.17, 15) is 10.1 Å². The van der Waals surface area contributed by atoms with Crippen molar-refractivity contribution in [1.82, 2.24) is 14.8 Å². The van der Waals surface area contributed by atoms with Crippen LogP contribution in [0.25, 0.3) is 11.1 Å². The normalized spacial score (nSPS) is 17.8. The van der Waals surface area contributed by atoms with Crippen LogP contribution < -0.4 is 15.2 Å². The highest BCUT2D eigenvalue weighted by molar-refractivity contribution is 6.01. The van der Waals surface area contributed by atoms with E-state index < -0.39 is 12.2 Å². The Hall–Kier alpha value is -3.86. The number of carbonyl (C=O) groups is 1. The molecule has 2 bridgehead atoms. The summed E-state index contributed by atoms with van der Waals surface area (Å²) in [6.07, 6.45) is 0.753. The molecule has 3 heterocycles. The third-order valence-corrected chi connectivity index (χ3v) is 5.42. The van der Waals surface area contributed by atoms with Gasteiger partial charge in [-0.15, -0.1) is 5.10 Å². The molecule has 1 aliphatic rings. The van der Waals surface area contributed by atoms with Crippen LogP contribution in [0.5, 0.6) is 11.6 Å². The van der Waals surface area contributed by atoms with E-state index in [0.717, 1.165) is 11.1 Å². The third kappa shape index (κ3) is 3.48. The van der Waals surface area contributed by atoms with Crippen molar-refractivity contribution < 1.29 is 14.3 Å². The van der Waals surface area contributed by atoms with E-state index in [1.54, 1.807) is 25.4 Å². The van der Waals surface area contributed by atoms with Crippen LogP contribution in [0.2, 0.25) is 0 Å². The number of rotatable bonds is 1. The van der Waals surface area contributed by atoms with Gasteiger partial charge >= 0.3 is 0 Å². The number of nitriles is 1. The first kappa shape index (κ1) is 20.4. The molecule has 1 aliphatic heterocycles. The summed E-state index contributed by atoms with van der Waals surface area (Å²) in [7, 11) is 1.65. The predicted octanol–water partition coefficient (Wildman–Crippen LogP) is 3.74. The third-order valence-electron chi connectivity index (χ3n) is 5.42. The Bertz CT molecular complexity index is 1220. The van der Waals surface area contributed by atoms with Crippen LogP contribution in [0.3, 0.4) is 0 Å². The van der Waals surface area contributed by atoms with Crippen LogP contribution in [0.15, 0.2) is 30.5 Å². The van der Waals surface area contributed by atoms with Gasteiger partial charge < -0.3 is 15.2 Å². The fraction of sp³-hybridized carbons (Fsp3) is 0.304. The van der Waals surface area contributed by atoms with Crippen molar-refractivity contribution in [3.63, 3.8) is 0 Å². The number of nitrogen functional groups attached to an aromatic ring is 1. The van der Waals surface area contributed by atoms with E-state index >= 15 is 0 Å². The summed E-state index contributed by atoms with van der Waals surface area (Å²) in [6, 6.07) is 9.49. The minimum atomic E-state index is -0.769. The zero-order chi connectivity index (χ0) is 22.3. The number of Topliss-reactive ketones (excluding diaryl/α,β-unsaturated/α-hetero) is 1. The lowest BCUT2D eigenvalue weighted by Gasteiger charge is -2.23. The number of nitrogens with zero attached hydrogens (tertiary/aromatic N) is 4. The van der Waals surface area contributed by atoms with E-state index in [1.807, 2.05) is 32.9 Å². The number of carbonyl (C=O) groups excluding carboxylic acids is 1. The van der Waals surface area contributed by atoms with Gasteiger partial charge in [-0.05, 0) is 26.3 Å². The maximum atomic E-state index is 13.5. The zero-order valence-corrected chi connectivity index (χ0v) is 17.8. The number of hydrogen-bond acceptors (Lipinski definition) is 7. The van der Waals surface area contributed by atoms with Gasteiger partial charge in [0.1, 0.15) is 17.9 Å². The van der Waals surface area contributed by atoms with E-state index in [4.69, 9.17) is 15.2 Å². The van der Waals surface area contributed by atoms with Crippen LogP contribution in [0.4, 0.5) is 5.82 Å². The molecular formula is C23H23N5O3. The van der Waals surface area contributed by atoms with E-state index in [-0.39, 0.29) is 23.2 Å². The number of aromatic nitrogens is 3. The predicted molar refractivity (Wildman–Crippen MR) is 115 cm³/mol. The molecule has 1 aromatic carbocycles. The Morgan fingerprint density at radius 1 is 1.29 bits per heavy atom. The molecule has 1 unspecified atom stereocenters. The van der Waals surface area contributed by atoms with Crippen LogP contribution in [0, 0.1) is 18.3 Å². The van der Waals surface area contributed by atoms with Gasteiger partial charge in [0.05, 0.1) is 5.56 Å². The molecule has 0 radical (unpaired) electrons. The molecular weight excluding hydrogens is 394 g/mol. The lowest BCUT2D eigenvalue weighted by molar-refractivity contribution is 0.0773. The Labute approximate surface area is 180 Å². The average molecular weight is 417 g/mol. The molecule has 2 atom stereocenters. The summed E-state index contributed by atoms with van der Waals surface area (Å²) in [5.74, 6) is 0.596. The van der Waals surface area contributed by atoms with Gasteiger partial charge in [-0.1, -0.05) is 30.7 Å². The maximum absolute atomic E-state index is 13.5. The summed E-state index contributed by atoms with van der Waals surface area (Å²) in [5, 5.41) is 14.1. The minimum absolute atomic E-state index is 0.168. The quantitative estimate of drug-likeness (QED) is 0.641. The summed E-state index contributed by atoms with van der Waals surface area (Å²) in [6.45, 7) is 5.70. The van der Waals surface area contributed by atoms with E-state index in [0.29, 0.717) is 28.9 Å². The molecule has 31 heavy (non-hydrogen) atoms. The van der Waals surface area contributed by atoms with Gasteiger partial charge in [-0.25, -0.2) is 4.98 Å². The molecule has 2 aromatic heterocycles. The lowest BCUT2D eigenvalue weighted by atomic mass is 9.94. The van der Waals surface area contributed by atoms with Crippen LogP contribution in [0.1, 0.15) is 53.6 Å². The fourth-order valence-electron chi connectivity index (χ4n) is 3.78. The second-order valence-corrected chi connectivity index (χ2v) is 7.60. The van der Waals surface area contributed by atoms with Gasteiger partial charge in [0, 0.05) is 29.9 Å². The summed E-state index contributed by atoms with van der Waals surface area (Å²) in [5.41, 5.74) is 9.66. The molecule has 3 aromatic rings. The van der Waals surface area contributed by atoms with E-state index in [2.05, 4.69) is 16.2 Å². The Morgan fingerprint density at radius 3 is 2.77 bits per heavy atom. The molecule has 4 rings (SSSR count). The molecule has 8 nitrogen and oxygen atoms in total. The molecule has 158 valence electrons. The van der Waals surface area contributed by atoms with Crippen LogP contribution >= 0.6 is 0 Å². The van der Waals surface area contributed by atoms with Crippen molar-refractivity contribution in [2.45, 2.75) is 39.4 Å². The van der Waals surface area contributed by atoms with Crippen molar-refractivity contribution in [1.29, 1.82) is 5.26 Å². The number of benzene rings is 1. The van der Waals surface area contributed by atoms with Crippen LogP contribution in [-0.4, -0.2) is 26.7 Å². The van der Waals surface area contributed by atoms with Gasteiger partial charge in [0.2, 0.25) is 11.7 Å². The topological polar surface area (TPSA) is 116 Å². The monoisotopic (exact) mass is 417 g/mol. The standard InChI is InChI=1S/C23H23N5O3/c1-5-18-21(29)15-7-6-12(2)8-16(15)13(3)30-19-9-14(11-26-22(19)25)20-17(10-24)28(4)27-23(20)31-18/h6-9,11,13,18H,5H2,1-4H3,(H2,25,26)/t13-,18?/m1/s1. The zero-order valence-electron chi connectivity index (χ0n) is 17.8. The van der Waals surface area contributed by atoms with Crippen molar-refractivity contribution in [2.75, 3.05) is 5.73 Å². The highest BCUT2D eigenvalue weighted by Crippen LogP contribution is 2.38. The number of nitrogens with two attached hydrogens (primary N) is 1. The summed E-state index contributed by atoms with van der Waals surface area (Å²) in [4.78, 5) is 17.7. The van der Waals surface area contributed by atoms with Crippen molar-refractivity contribution >= 4 is 11.6 Å². The van der Waals surface area contributed by atoms with Crippen LogP contribution in [-0.2, 0) is 7.05 Å². The minimum Gasteiger partial charge on any atom is -0.482 e. The van der Waals surface area contributed by atoms with E-state index in [1.165, 1.54) is 4.68 Å². The fourth-order valence-corrected chi connectivity index (χ4v) is 3.78. The second-order valence-electron chi connectivity index (χ2n) is 7.60. The second kappa shape index (κ2) is 7.76. The summed E-state index contributed by atoms with van der Waals surface area (Å²) < 4.78 is 13.7. The maximum Gasteiger partial charge on any atom is 0.242 e. The smallest absolute Gasteiger partial charge is 0.242 e. The first-order valence-electron chi connectivity index (χ1n) is 10.0.